The first kappa shape index (κ1) is 20.7. The van der Waals surface area contributed by atoms with Crippen LogP contribution in [0.15, 0.2) is 28.7 Å². The molecule has 0 bridgehead atoms. The van der Waals surface area contributed by atoms with Crippen molar-refractivity contribution < 1.29 is 29.7 Å². The third-order valence-corrected chi connectivity index (χ3v) is 7.12. The van der Waals surface area contributed by atoms with Crippen molar-refractivity contribution in [2.45, 2.75) is 19.3 Å². The van der Waals surface area contributed by atoms with Crippen LogP contribution in [0.5, 0.6) is 5.75 Å². The summed E-state index contributed by atoms with van der Waals surface area (Å²) in [7, 11) is 3.70. The van der Waals surface area contributed by atoms with Crippen LogP contribution >= 0.6 is 22.6 Å². The molecule has 0 heterocycles. The summed E-state index contributed by atoms with van der Waals surface area (Å²) in [4.78, 5) is 39.7. The van der Waals surface area contributed by atoms with Gasteiger partial charge >= 0.3 is 0 Å². The van der Waals surface area contributed by atoms with E-state index in [4.69, 9.17) is 5.73 Å². The van der Waals surface area contributed by atoms with Crippen molar-refractivity contribution in [3.63, 3.8) is 0 Å². The Labute approximate surface area is 186 Å². The summed E-state index contributed by atoms with van der Waals surface area (Å²) in [6, 6.07) is 1.81. The van der Waals surface area contributed by atoms with Crippen molar-refractivity contribution in [1.82, 2.24) is 0 Å². The van der Waals surface area contributed by atoms with Crippen molar-refractivity contribution >= 4 is 45.8 Å². The number of primary amides is 1. The molecule has 1 amide bonds. The number of fused-ring (bicyclic) bond motifs is 3. The maximum atomic E-state index is 13.4. The minimum absolute atomic E-state index is 0.0298. The monoisotopic (exact) mass is 524 g/mol. The van der Waals surface area contributed by atoms with E-state index in [0.717, 1.165) is 5.69 Å². The highest BCUT2D eigenvalue weighted by atomic mass is 127. The first-order valence-electron chi connectivity index (χ1n) is 9.50. The van der Waals surface area contributed by atoms with E-state index in [-0.39, 0.29) is 40.7 Å². The number of phenols is 1. The summed E-state index contributed by atoms with van der Waals surface area (Å²) >= 11 is 1.95. The lowest BCUT2D eigenvalue weighted by Crippen LogP contribution is -2.43. The van der Waals surface area contributed by atoms with Crippen molar-refractivity contribution in [3.05, 3.63) is 43.4 Å². The van der Waals surface area contributed by atoms with Crippen LogP contribution in [-0.4, -0.2) is 46.9 Å². The zero-order valence-electron chi connectivity index (χ0n) is 16.4. The van der Waals surface area contributed by atoms with E-state index < -0.39 is 34.9 Å². The average Bonchev–Trinajstić information content (AvgIpc) is 2.63. The number of amides is 1. The van der Waals surface area contributed by atoms with E-state index in [1.165, 1.54) is 0 Å². The van der Waals surface area contributed by atoms with Crippen LogP contribution in [0.1, 0.15) is 28.8 Å². The number of carbonyl (C=O) groups excluding carboxylic acids is 3. The van der Waals surface area contributed by atoms with E-state index in [0.29, 0.717) is 22.0 Å². The summed E-state index contributed by atoms with van der Waals surface area (Å²) in [5, 5.41) is 31.8. The average molecular weight is 524 g/mol. The quantitative estimate of drug-likeness (QED) is 0.343. The smallest absolute Gasteiger partial charge is 0.255 e. The van der Waals surface area contributed by atoms with Crippen LogP contribution in [0.2, 0.25) is 0 Å². The Bertz CT molecular complexity index is 1090. The summed E-state index contributed by atoms with van der Waals surface area (Å²) in [5.41, 5.74) is 6.46. The minimum atomic E-state index is -1.10. The molecule has 0 radical (unpaired) electrons. The van der Waals surface area contributed by atoms with Crippen molar-refractivity contribution in [2.75, 3.05) is 19.0 Å². The van der Waals surface area contributed by atoms with E-state index in [1.54, 1.807) is 6.07 Å². The molecule has 0 saturated carbocycles. The van der Waals surface area contributed by atoms with Gasteiger partial charge in [-0.1, -0.05) is 0 Å². The highest BCUT2D eigenvalue weighted by molar-refractivity contribution is 14.1. The number of aliphatic hydroxyl groups is 2. The van der Waals surface area contributed by atoms with Gasteiger partial charge in [-0.2, -0.15) is 0 Å². The number of hydrogen-bond acceptors (Lipinski definition) is 7. The lowest BCUT2D eigenvalue weighted by atomic mass is 9.62. The fourth-order valence-corrected chi connectivity index (χ4v) is 5.62. The number of allylic oxidation sites excluding steroid dienone is 3. The van der Waals surface area contributed by atoms with E-state index in [1.807, 2.05) is 41.6 Å². The molecule has 0 saturated heterocycles. The van der Waals surface area contributed by atoms with Crippen LogP contribution in [0.25, 0.3) is 0 Å². The Balaban J connectivity index is 1.89. The van der Waals surface area contributed by atoms with Crippen LogP contribution in [0, 0.1) is 21.3 Å². The Hall–Kier alpha value is -2.56. The third kappa shape index (κ3) is 2.82. The highest BCUT2D eigenvalue weighted by Gasteiger charge is 2.50. The topological polar surface area (TPSA) is 141 Å². The summed E-state index contributed by atoms with van der Waals surface area (Å²) in [6.07, 6.45) is 0.821. The van der Waals surface area contributed by atoms with Crippen molar-refractivity contribution in [2.24, 2.45) is 23.5 Å². The summed E-state index contributed by atoms with van der Waals surface area (Å²) in [5.74, 6) is -5.13. The van der Waals surface area contributed by atoms with Gasteiger partial charge in [0.1, 0.15) is 22.8 Å². The number of halogens is 1. The van der Waals surface area contributed by atoms with Crippen LogP contribution < -0.4 is 10.6 Å². The van der Waals surface area contributed by atoms with Gasteiger partial charge < -0.3 is 26.0 Å². The molecular weight excluding hydrogens is 503 g/mol. The SMILES string of the molecule is CN(C)c1cc(I)c(O)c2c1CC1CC3CC(O)=C(C(N)=O)C(=O)C3C(O)=C1C2=O. The molecule has 0 aliphatic heterocycles. The number of aromatic hydroxyl groups is 1. The van der Waals surface area contributed by atoms with Gasteiger partial charge in [0.15, 0.2) is 11.6 Å². The van der Waals surface area contributed by atoms with Crippen molar-refractivity contribution in [1.29, 1.82) is 0 Å². The normalized spacial score (nSPS) is 25.6. The number of anilines is 1. The number of hydrogen-bond donors (Lipinski definition) is 4. The number of ketones is 2. The molecule has 9 heteroatoms. The van der Waals surface area contributed by atoms with Crippen LogP contribution in [0.4, 0.5) is 5.69 Å². The molecule has 0 fully saturated rings. The first-order valence-corrected chi connectivity index (χ1v) is 10.6. The number of aliphatic hydroxyl groups excluding tert-OH is 2. The first-order chi connectivity index (χ1) is 14.0. The van der Waals surface area contributed by atoms with Gasteiger partial charge in [0, 0.05) is 31.8 Å². The number of rotatable bonds is 2. The van der Waals surface area contributed by atoms with Crippen LogP contribution in [-0.2, 0) is 16.0 Å². The number of carbonyl (C=O) groups is 3. The number of nitrogens with zero attached hydrogens (tertiary/aromatic N) is 1. The summed E-state index contributed by atoms with van der Waals surface area (Å²) < 4.78 is 0.508. The maximum Gasteiger partial charge on any atom is 0.255 e. The molecule has 3 aliphatic carbocycles. The predicted octanol–water partition coefficient (Wildman–Crippen LogP) is 2.14. The van der Waals surface area contributed by atoms with Gasteiger partial charge in [-0.25, -0.2) is 0 Å². The Morgan fingerprint density at radius 3 is 2.47 bits per heavy atom. The molecule has 1 aromatic carbocycles. The fourth-order valence-electron chi connectivity index (χ4n) is 5.05. The number of nitrogens with two attached hydrogens (primary N) is 1. The largest absolute Gasteiger partial charge is 0.511 e. The lowest BCUT2D eigenvalue weighted by molar-refractivity contribution is -0.126. The van der Waals surface area contributed by atoms with Gasteiger partial charge in [-0.15, -0.1) is 0 Å². The van der Waals surface area contributed by atoms with Gasteiger partial charge in [-0.05, 0) is 58.9 Å². The predicted molar refractivity (Wildman–Crippen MR) is 116 cm³/mol. The van der Waals surface area contributed by atoms with Gasteiger partial charge in [0.05, 0.1) is 15.1 Å². The second kappa shape index (κ2) is 7.00. The molecule has 4 rings (SSSR count). The molecule has 0 spiro atoms. The minimum Gasteiger partial charge on any atom is -0.511 e. The summed E-state index contributed by atoms with van der Waals surface area (Å²) in [6.45, 7) is 0. The van der Waals surface area contributed by atoms with Gasteiger partial charge in [0.25, 0.3) is 5.91 Å². The second-order valence-electron chi connectivity index (χ2n) is 8.23. The lowest BCUT2D eigenvalue weighted by Gasteiger charge is -2.41. The fraction of sp³-hybridized carbons (Fsp3) is 0.381. The van der Waals surface area contributed by atoms with Crippen LogP contribution in [0.3, 0.4) is 0 Å². The molecule has 3 aliphatic rings. The van der Waals surface area contributed by atoms with E-state index >= 15 is 0 Å². The molecule has 30 heavy (non-hydrogen) atoms. The number of phenolic OH excluding ortho intramolecular Hbond substituents is 1. The van der Waals surface area contributed by atoms with E-state index in [9.17, 15) is 29.7 Å². The Morgan fingerprint density at radius 1 is 1.20 bits per heavy atom. The zero-order chi connectivity index (χ0) is 22.1. The molecule has 5 N–H and O–H groups in total. The Kier molecular flexibility index (Phi) is 4.83. The zero-order valence-corrected chi connectivity index (χ0v) is 18.6. The Morgan fingerprint density at radius 2 is 1.87 bits per heavy atom. The van der Waals surface area contributed by atoms with Crippen molar-refractivity contribution in [3.8, 4) is 5.75 Å². The molecule has 3 atom stereocenters. The standard InChI is InChI=1S/C21H21IN2O6/c1-24(2)11-6-10(22)17(26)15-9(11)4-7-3-8-5-12(25)16(21(23)30)20(29)14(8)18(27)13(7)19(15)28/h6-8,14,25-27H,3-5H2,1-2H3,(H2,23,30). The third-order valence-electron chi connectivity index (χ3n) is 6.30. The van der Waals surface area contributed by atoms with Gasteiger partial charge in [0.2, 0.25) is 0 Å². The molecular formula is C21H21IN2O6. The molecule has 8 nitrogen and oxygen atoms in total. The van der Waals surface area contributed by atoms with E-state index in [2.05, 4.69) is 0 Å². The maximum absolute atomic E-state index is 13.4. The second-order valence-corrected chi connectivity index (χ2v) is 9.39. The number of benzene rings is 1. The number of Topliss-reactive ketones (excluding diaryl/α,β-unsaturated/α-hetero) is 2. The van der Waals surface area contributed by atoms with Gasteiger partial charge in [-0.3, -0.25) is 14.4 Å². The molecule has 0 aromatic heterocycles. The molecule has 3 unspecified atom stereocenters. The highest BCUT2D eigenvalue weighted by Crippen LogP contribution is 2.51. The molecule has 158 valence electrons. The molecule has 1 aromatic rings.